The smallest absolute Gasteiger partial charge is 0.253 e. The van der Waals surface area contributed by atoms with E-state index < -0.39 is 11.6 Å². The van der Waals surface area contributed by atoms with Gasteiger partial charge in [-0.1, -0.05) is 31.2 Å². The molecule has 5 rings (SSSR count). The van der Waals surface area contributed by atoms with Crippen molar-refractivity contribution in [3.8, 4) is 0 Å². The number of furan rings is 1. The molecule has 0 radical (unpaired) electrons. The Morgan fingerprint density at radius 1 is 1.11 bits per heavy atom. The molecule has 3 heterocycles. The van der Waals surface area contributed by atoms with Crippen LogP contribution in [0.4, 0.5) is 4.39 Å². The van der Waals surface area contributed by atoms with E-state index in [4.69, 9.17) is 4.42 Å². The molecule has 9 heteroatoms. The van der Waals surface area contributed by atoms with Gasteiger partial charge in [-0.2, -0.15) is 0 Å². The van der Waals surface area contributed by atoms with Gasteiger partial charge in [0.25, 0.3) is 5.56 Å². The molecule has 0 aliphatic rings. The number of aromatic amines is 1. The molecule has 0 unspecified atom stereocenters. The molecule has 1 N–H and O–H groups in total. The summed E-state index contributed by atoms with van der Waals surface area (Å²) in [5.41, 5.74) is 2.59. The number of fused-ring (bicyclic) bond motifs is 1. The Morgan fingerprint density at radius 3 is 2.61 bits per heavy atom. The Kier molecular flexibility index (Phi) is 6.94. The van der Waals surface area contributed by atoms with Crippen molar-refractivity contribution >= 4 is 10.9 Å². The lowest BCUT2D eigenvalue weighted by molar-refractivity contribution is 0.168. The van der Waals surface area contributed by atoms with Crippen LogP contribution in [0.5, 0.6) is 0 Å². The maximum Gasteiger partial charge on any atom is 0.253 e. The topological polar surface area (TPSA) is 92.8 Å². The summed E-state index contributed by atoms with van der Waals surface area (Å²) in [4.78, 5) is 18.8. The molecule has 196 valence electrons. The number of nitrogens with one attached hydrogen (secondary N) is 1. The average molecular weight is 515 g/mol. The summed E-state index contributed by atoms with van der Waals surface area (Å²) in [6.45, 7) is 8.96. The molecule has 0 amide bonds. The van der Waals surface area contributed by atoms with Crippen LogP contribution in [0.25, 0.3) is 10.9 Å². The van der Waals surface area contributed by atoms with Gasteiger partial charge in [0.2, 0.25) is 0 Å². The number of aryl methyl sites for hydroxylation is 1. The molecule has 1 atom stereocenters. The SMILES string of the molecule is CCC(C)(C)n1nnnc1[C@@H](c1cc2ccc(C)cc2[nH]c1=O)N(Cc1ccc(F)cc1)Cc1ccco1. The number of aromatic nitrogens is 5. The minimum atomic E-state index is -0.625. The number of benzene rings is 2. The van der Waals surface area contributed by atoms with Crippen LogP contribution in [0.1, 0.15) is 61.5 Å². The third-order valence-electron chi connectivity index (χ3n) is 7.10. The van der Waals surface area contributed by atoms with Gasteiger partial charge >= 0.3 is 0 Å². The zero-order chi connectivity index (χ0) is 26.9. The van der Waals surface area contributed by atoms with E-state index in [0.29, 0.717) is 24.5 Å². The second kappa shape index (κ2) is 10.3. The van der Waals surface area contributed by atoms with E-state index in [1.54, 1.807) is 23.1 Å². The van der Waals surface area contributed by atoms with E-state index in [-0.39, 0.29) is 11.4 Å². The van der Waals surface area contributed by atoms with Gasteiger partial charge in [0.15, 0.2) is 5.82 Å². The number of rotatable bonds is 9. The predicted molar refractivity (Wildman–Crippen MR) is 143 cm³/mol. The minimum absolute atomic E-state index is 0.222. The maximum absolute atomic E-state index is 13.7. The quantitative estimate of drug-likeness (QED) is 0.280. The largest absolute Gasteiger partial charge is 0.468 e. The first kappa shape index (κ1) is 25.5. The first-order valence-electron chi connectivity index (χ1n) is 12.7. The fourth-order valence-corrected chi connectivity index (χ4v) is 4.64. The second-order valence-corrected chi connectivity index (χ2v) is 10.3. The lowest BCUT2D eigenvalue weighted by Crippen LogP contribution is -2.38. The normalized spacial score (nSPS) is 12.9. The molecular formula is C29H31FN6O2. The number of hydrogen-bond donors (Lipinski definition) is 1. The summed E-state index contributed by atoms with van der Waals surface area (Å²) in [6.07, 6.45) is 2.40. The Morgan fingerprint density at radius 2 is 1.89 bits per heavy atom. The Bertz CT molecular complexity index is 1590. The van der Waals surface area contributed by atoms with Crippen molar-refractivity contribution in [2.75, 3.05) is 0 Å². The van der Waals surface area contributed by atoms with Gasteiger partial charge in [-0.3, -0.25) is 9.69 Å². The van der Waals surface area contributed by atoms with Gasteiger partial charge in [-0.25, -0.2) is 9.07 Å². The molecule has 0 saturated carbocycles. The van der Waals surface area contributed by atoms with Crippen LogP contribution in [0.2, 0.25) is 0 Å². The zero-order valence-corrected chi connectivity index (χ0v) is 22.0. The van der Waals surface area contributed by atoms with Crippen molar-refractivity contribution in [1.82, 2.24) is 30.1 Å². The highest BCUT2D eigenvalue weighted by Gasteiger charge is 2.35. The second-order valence-electron chi connectivity index (χ2n) is 10.3. The van der Waals surface area contributed by atoms with E-state index in [0.717, 1.165) is 34.2 Å². The van der Waals surface area contributed by atoms with Crippen LogP contribution in [0.15, 0.2) is 76.1 Å². The number of nitrogens with zero attached hydrogens (tertiary/aromatic N) is 5. The van der Waals surface area contributed by atoms with Crippen LogP contribution in [-0.2, 0) is 18.6 Å². The lowest BCUT2D eigenvalue weighted by atomic mass is 9.98. The van der Waals surface area contributed by atoms with Crippen LogP contribution in [-0.4, -0.2) is 30.1 Å². The molecule has 0 saturated heterocycles. The zero-order valence-electron chi connectivity index (χ0n) is 22.0. The standard InChI is InChI=1S/C29H31FN6O2/c1-5-29(3,4)36-27(32-33-34-36)26(24-16-21-11-8-19(2)15-25(21)31-28(24)37)35(18-23-7-6-14-38-23)17-20-9-12-22(30)13-10-20/h6-16,26H,5,17-18H2,1-4H3,(H,31,37)/t26-/m1/s1. The summed E-state index contributed by atoms with van der Waals surface area (Å²) in [7, 11) is 0. The molecule has 0 aliphatic carbocycles. The molecule has 5 aromatic rings. The summed E-state index contributed by atoms with van der Waals surface area (Å²) in [5, 5.41) is 13.8. The number of H-pyrrole nitrogens is 1. The summed E-state index contributed by atoms with van der Waals surface area (Å²) < 4.78 is 21.2. The first-order chi connectivity index (χ1) is 18.2. The number of tetrazole rings is 1. The number of halogens is 1. The van der Waals surface area contributed by atoms with Crippen molar-refractivity contribution in [3.63, 3.8) is 0 Å². The number of hydrogen-bond acceptors (Lipinski definition) is 6. The maximum atomic E-state index is 13.7. The lowest BCUT2D eigenvalue weighted by Gasteiger charge is -2.33. The van der Waals surface area contributed by atoms with Crippen molar-refractivity contribution in [2.24, 2.45) is 0 Å². The van der Waals surface area contributed by atoms with Gasteiger partial charge in [0.05, 0.1) is 18.3 Å². The summed E-state index contributed by atoms with van der Waals surface area (Å²) in [6, 6.07) is 17.3. The van der Waals surface area contributed by atoms with Gasteiger partial charge in [0, 0.05) is 17.6 Å². The highest BCUT2D eigenvalue weighted by atomic mass is 19.1. The third-order valence-corrected chi connectivity index (χ3v) is 7.10. The van der Waals surface area contributed by atoms with Crippen LogP contribution in [0.3, 0.4) is 0 Å². The van der Waals surface area contributed by atoms with E-state index in [9.17, 15) is 9.18 Å². The van der Waals surface area contributed by atoms with Crippen LogP contribution in [0, 0.1) is 12.7 Å². The van der Waals surface area contributed by atoms with Crippen LogP contribution < -0.4 is 5.56 Å². The molecule has 3 aromatic heterocycles. The van der Waals surface area contributed by atoms with E-state index >= 15 is 0 Å². The molecule has 0 bridgehead atoms. The summed E-state index contributed by atoms with van der Waals surface area (Å²) in [5.74, 6) is 0.957. The molecule has 0 fully saturated rings. The highest BCUT2D eigenvalue weighted by Crippen LogP contribution is 2.33. The van der Waals surface area contributed by atoms with Crippen molar-refractivity contribution < 1.29 is 8.81 Å². The van der Waals surface area contributed by atoms with E-state index in [1.165, 1.54) is 12.1 Å². The van der Waals surface area contributed by atoms with Crippen molar-refractivity contribution in [2.45, 2.75) is 58.8 Å². The van der Waals surface area contributed by atoms with Gasteiger partial charge in [-0.05, 0) is 90.5 Å². The molecule has 0 spiro atoms. The first-order valence-corrected chi connectivity index (χ1v) is 12.7. The average Bonchev–Trinajstić information content (AvgIpc) is 3.59. The van der Waals surface area contributed by atoms with Gasteiger partial charge < -0.3 is 9.40 Å². The fourth-order valence-electron chi connectivity index (χ4n) is 4.64. The molecule has 0 aliphatic heterocycles. The minimum Gasteiger partial charge on any atom is -0.468 e. The Balaban J connectivity index is 1.72. The fraction of sp³-hybridized carbons (Fsp3) is 0.310. The van der Waals surface area contributed by atoms with E-state index in [2.05, 4.69) is 46.2 Å². The van der Waals surface area contributed by atoms with Crippen molar-refractivity contribution in [1.29, 1.82) is 0 Å². The monoisotopic (exact) mass is 514 g/mol. The van der Waals surface area contributed by atoms with E-state index in [1.807, 2.05) is 43.3 Å². The Labute approximate surface area is 220 Å². The molecule has 38 heavy (non-hydrogen) atoms. The molecular weight excluding hydrogens is 483 g/mol. The summed E-state index contributed by atoms with van der Waals surface area (Å²) >= 11 is 0. The third kappa shape index (κ3) is 5.15. The number of pyridine rings is 1. The predicted octanol–water partition coefficient (Wildman–Crippen LogP) is 5.49. The Hall–Kier alpha value is -4.11. The highest BCUT2D eigenvalue weighted by molar-refractivity contribution is 5.79. The van der Waals surface area contributed by atoms with Gasteiger partial charge in [0.1, 0.15) is 17.6 Å². The van der Waals surface area contributed by atoms with Crippen molar-refractivity contribution in [3.05, 3.63) is 111 Å². The van der Waals surface area contributed by atoms with Gasteiger partial charge in [-0.15, -0.1) is 5.10 Å². The molecule has 8 nitrogen and oxygen atoms in total. The van der Waals surface area contributed by atoms with Crippen LogP contribution >= 0.6 is 0 Å². The molecule has 2 aromatic carbocycles.